The molecule has 0 aliphatic heterocycles. The van der Waals surface area contributed by atoms with Crippen LogP contribution < -0.4 is 11.1 Å². The monoisotopic (exact) mass is 202 g/mol. The van der Waals surface area contributed by atoms with Crippen molar-refractivity contribution in [1.82, 2.24) is 5.32 Å². The van der Waals surface area contributed by atoms with Crippen molar-refractivity contribution in [1.29, 1.82) is 0 Å². The fourth-order valence-electron chi connectivity index (χ4n) is 1.75. The molecule has 3 nitrogen and oxygen atoms in total. The van der Waals surface area contributed by atoms with Gasteiger partial charge >= 0.3 is 0 Å². The lowest BCUT2D eigenvalue weighted by Crippen LogP contribution is -2.29. The average molecular weight is 202 g/mol. The molecule has 0 radical (unpaired) electrons. The zero-order valence-corrected chi connectivity index (χ0v) is 8.72. The first-order valence-corrected chi connectivity index (χ1v) is 5.48. The van der Waals surface area contributed by atoms with E-state index in [-0.39, 0.29) is 5.91 Å². The summed E-state index contributed by atoms with van der Waals surface area (Å²) >= 11 is 4.00. The predicted octanol–water partition coefficient (Wildman–Crippen LogP) is 0.550. The number of hydrogen-bond acceptors (Lipinski definition) is 3. The van der Waals surface area contributed by atoms with Gasteiger partial charge in [0.25, 0.3) is 0 Å². The van der Waals surface area contributed by atoms with Crippen LogP contribution in [0, 0.1) is 5.92 Å². The smallest absolute Gasteiger partial charge is 0.220 e. The fourth-order valence-corrected chi connectivity index (χ4v) is 1.95. The molecule has 13 heavy (non-hydrogen) atoms. The van der Waals surface area contributed by atoms with Gasteiger partial charge in [0.05, 0.1) is 0 Å². The Morgan fingerprint density at radius 2 is 2.31 bits per heavy atom. The molecule has 1 amide bonds. The van der Waals surface area contributed by atoms with Crippen LogP contribution in [0.15, 0.2) is 0 Å². The van der Waals surface area contributed by atoms with Crippen molar-refractivity contribution in [3.8, 4) is 0 Å². The minimum atomic E-state index is 0.107. The molecule has 76 valence electrons. The Hall–Kier alpha value is -0.220. The Balaban J connectivity index is 2.09. The number of thiol groups is 1. The zero-order chi connectivity index (χ0) is 9.68. The van der Waals surface area contributed by atoms with Crippen molar-refractivity contribution >= 4 is 18.5 Å². The van der Waals surface area contributed by atoms with E-state index < -0.39 is 0 Å². The summed E-state index contributed by atoms with van der Waals surface area (Å²) in [5.74, 6) is 1.32. The highest BCUT2D eigenvalue weighted by Crippen LogP contribution is 2.22. The molecular formula is C9H18N2OS. The van der Waals surface area contributed by atoms with Gasteiger partial charge in [-0.1, -0.05) is 0 Å². The Morgan fingerprint density at radius 3 is 2.85 bits per heavy atom. The van der Waals surface area contributed by atoms with Crippen LogP contribution in [0.1, 0.15) is 25.7 Å². The van der Waals surface area contributed by atoms with Gasteiger partial charge in [0, 0.05) is 19.0 Å². The normalized spacial score (nSPS) is 27.5. The first-order chi connectivity index (χ1) is 6.22. The minimum absolute atomic E-state index is 0.107. The lowest BCUT2D eigenvalue weighted by molar-refractivity contribution is -0.120. The summed E-state index contributed by atoms with van der Waals surface area (Å²) in [7, 11) is 0. The summed E-state index contributed by atoms with van der Waals surface area (Å²) in [5, 5.41) is 2.90. The highest BCUT2D eigenvalue weighted by Gasteiger charge is 2.21. The Bertz CT molecular complexity index is 175. The molecule has 1 aliphatic rings. The van der Waals surface area contributed by atoms with Gasteiger partial charge in [0.1, 0.15) is 0 Å². The van der Waals surface area contributed by atoms with E-state index in [0.29, 0.717) is 24.1 Å². The average Bonchev–Trinajstić information content (AvgIpc) is 2.49. The van der Waals surface area contributed by atoms with Gasteiger partial charge in [0.2, 0.25) is 5.91 Å². The maximum Gasteiger partial charge on any atom is 0.220 e. The molecule has 0 aromatic rings. The van der Waals surface area contributed by atoms with E-state index in [1.54, 1.807) is 0 Å². The van der Waals surface area contributed by atoms with Gasteiger partial charge < -0.3 is 11.1 Å². The second-order valence-corrected chi connectivity index (χ2v) is 4.16. The number of amides is 1. The van der Waals surface area contributed by atoms with Crippen molar-refractivity contribution in [2.24, 2.45) is 11.7 Å². The maximum absolute atomic E-state index is 11.1. The number of carbonyl (C=O) groups excluding carboxylic acids is 1. The summed E-state index contributed by atoms with van der Waals surface area (Å²) in [5.41, 5.74) is 5.77. The zero-order valence-electron chi connectivity index (χ0n) is 7.83. The van der Waals surface area contributed by atoms with E-state index in [1.807, 2.05) is 0 Å². The quantitative estimate of drug-likeness (QED) is 0.583. The molecule has 0 heterocycles. The van der Waals surface area contributed by atoms with E-state index in [2.05, 4.69) is 17.9 Å². The molecule has 2 unspecified atom stereocenters. The summed E-state index contributed by atoms with van der Waals surface area (Å²) < 4.78 is 0. The summed E-state index contributed by atoms with van der Waals surface area (Å²) in [6, 6.07) is 0.354. The van der Waals surface area contributed by atoms with Crippen molar-refractivity contribution in [2.75, 3.05) is 12.3 Å². The first-order valence-electron chi connectivity index (χ1n) is 4.85. The van der Waals surface area contributed by atoms with Crippen molar-refractivity contribution in [2.45, 2.75) is 31.7 Å². The molecule has 0 spiro atoms. The molecule has 3 N–H and O–H groups in total. The van der Waals surface area contributed by atoms with Gasteiger partial charge in [-0.15, -0.1) is 0 Å². The van der Waals surface area contributed by atoms with Gasteiger partial charge in [-0.2, -0.15) is 12.6 Å². The van der Waals surface area contributed by atoms with Gasteiger partial charge in [-0.3, -0.25) is 4.79 Å². The van der Waals surface area contributed by atoms with E-state index in [4.69, 9.17) is 5.73 Å². The first kappa shape index (κ1) is 10.9. The van der Waals surface area contributed by atoms with Crippen LogP contribution in [0.4, 0.5) is 0 Å². The number of rotatable bonds is 4. The van der Waals surface area contributed by atoms with E-state index in [9.17, 15) is 4.79 Å². The third-order valence-electron chi connectivity index (χ3n) is 2.51. The highest BCUT2D eigenvalue weighted by molar-refractivity contribution is 7.80. The number of nitrogens with two attached hydrogens (primary N) is 1. The topological polar surface area (TPSA) is 55.1 Å². The fraction of sp³-hybridized carbons (Fsp3) is 0.889. The molecule has 1 saturated carbocycles. The molecule has 0 aromatic heterocycles. The molecule has 1 fully saturated rings. The van der Waals surface area contributed by atoms with E-state index in [0.717, 1.165) is 25.8 Å². The standard InChI is InChI=1S/C9H18N2OS/c10-8-2-1-7(5-8)6-11-9(12)3-4-13/h7-8,13H,1-6,10H2,(H,11,12). The second kappa shape index (κ2) is 5.50. The molecule has 0 bridgehead atoms. The van der Waals surface area contributed by atoms with Crippen molar-refractivity contribution < 1.29 is 4.79 Å². The molecule has 1 rings (SSSR count). The van der Waals surface area contributed by atoms with Crippen LogP contribution in [-0.2, 0) is 4.79 Å². The predicted molar refractivity (Wildman–Crippen MR) is 56.8 cm³/mol. The van der Waals surface area contributed by atoms with Crippen LogP contribution in [0.2, 0.25) is 0 Å². The number of carbonyl (C=O) groups is 1. The SMILES string of the molecule is NC1CCC(CNC(=O)CCS)C1. The lowest BCUT2D eigenvalue weighted by Gasteiger charge is -2.10. The minimum Gasteiger partial charge on any atom is -0.356 e. The molecule has 1 aliphatic carbocycles. The lowest BCUT2D eigenvalue weighted by atomic mass is 10.1. The van der Waals surface area contributed by atoms with E-state index >= 15 is 0 Å². The molecular weight excluding hydrogens is 184 g/mol. The van der Waals surface area contributed by atoms with Crippen molar-refractivity contribution in [3.05, 3.63) is 0 Å². The third-order valence-corrected chi connectivity index (χ3v) is 2.73. The van der Waals surface area contributed by atoms with Crippen LogP contribution >= 0.6 is 12.6 Å². The second-order valence-electron chi connectivity index (χ2n) is 3.72. The maximum atomic E-state index is 11.1. The summed E-state index contributed by atoms with van der Waals surface area (Å²) in [6.45, 7) is 0.792. The highest BCUT2D eigenvalue weighted by atomic mass is 32.1. The van der Waals surface area contributed by atoms with Gasteiger partial charge in [-0.25, -0.2) is 0 Å². The Labute approximate surface area is 84.9 Å². The molecule has 4 heteroatoms. The third kappa shape index (κ3) is 4.00. The Kier molecular flexibility index (Phi) is 4.59. The van der Waals surface area contributed by atoms with Crippen molar-refractivity contribution in [3.63, 3.8) is 0 Å². The van der Waals surface area contributed by atoms with Crippen LogP contribution in [0.5, 0.6) is 0 Å². The summed E-state index contributed by atoms with van der Waals surface area (Å²) in [6.07, 6.45) is 3.83. The van der Waals surface area contributed by atoms with Gasteiger partial charge in [0.15, 0.2) is 0 Å². The molecule has 2 atom stereocenters. The van der Waals surface area contributed by atoms with E-state index in [1.165, 1.54) is 0 Å². The molecule has 0 aromatic carbocycles. The van der Waals surface area contributed by atoms with Crippen LogP contribution in [0.25, 0.3) is 0 Å². The Morgan fingerprint density at radius 1 is 1.54 bits per heavy atom. The van der Waals surface area contributed by atoms with Gasteiger partial charge in [-0.05, 0) is 30.9 Å². The number of hydrogen-bond donors (Lipinski definition) is 3. The number of nitrogens with one attached hydrogen (secondary N) is 1. The van der Waals surface area contributed by atoms with Crippen LogP contribution in [-0.4, -0.2) is 24.2 Å². The largest absolute Gasteiger partial charge is 0.356 e. The summed E-state index contributed by atoms with van der Waals surface area (Å²) in [4.78, 5) is 11.1. The van der Waals surface area contributed by atoms with Crippen LogP contribution in [0.3, 0.4) is 0 Å². The molecule has 0 saturated heterocycles.